The van der Waals surface area contributed by atoms with Crippen LogP contribution in [0.5, 0.6) is 0 Å². The van der Waals surface area contributed by atoms with Gasteiger partial charge in [-0.25, -0.2) is 9.37 Å². The number of aromatic nitrogens is 1. The summed E-state index contributed by atoms with van der Waals surface area (Å²) < 4.78 is 19.4. The van der Waals surface area contributed by atoms with Crippen molar-refractivity contribution in [3.63, 3.8) is 0 Å². The van der Waals surface area contributed by atoms with E-state index in [4.69, 9.17) is 21.3 Å². The van der Waals surface area contributed by atoms with Crippen molar-refractivity contribution < 1.29 is 13.9 Å². The molecule has 0 radical (unpaired) electrons. The second-order valence-corrected chi connectivity index (χ2v) is 8.79. The summed E-state index contributed by atoms with van der Waals surface area (Å²) in [6.07, 6.45) is 1.97. The highest BCUT2D eigenvalue weighted by Gasteiger charge is 2.38. The van der Waals surface area contributed by atoms with Gasteiger partial charge in [-0.2, -0.15) is 0 Å². The first-order valence-electron chi connectivity index (χ1n) is 9.86. The van der Waals surface area contributed by atoms with E-state index in [0.29, 0.717) is 18.8 Å². The molecule has 0 bridgehead atoms. The number of piperidine rings is 1. The predicted octanol–water partition coefficient (Wildman–Crippen LogP) is 4.55. The number of likely N-dealkylation sites (tertiary alicyclic amines) is 1. The number of nitrogens with zero attached hydrogens (tertiary/aromatic N) is 3. The quantitative estimate of drug-likeness (QED) is 0.734. The molecule has 0 saturated carbocycles. The summed E-state index contributed by atoms with van der Waals surface area (Å²) in [5.74, 6) is -0.519. The van der Waals surface area contributed by atoms with Gasteiger partial charge in [-0.1, -0.05) is 25.4 Å². The first kappa shape index (κ1) is 20.1. The second-order valence-electron chi connectivity index (χ2n) is 8.38. The fraction of sp³-hybridized carbons (Fsp3) is 0.455. The first-order valence-corrected chi connectivity index (χ1v) is 10.2. The molecule has 29 heavy (non-hydrogen) atoms. The van der Waals surface area contributed by atoms with E-state index in [0.717, 1.165) is 36.5 Å². The summed E-state index contributed by atoms with van der Waals surface area (Å²) in [6, 6.07) is 8.47. The van der Waals surface area contributed by atoms with E-state index in [-0.39, 0.29) is 22.4 Å². The molecule has 1 fully saturated rings. The molecule has 0 aliphatic carbocycles. The topological polar surface area (TPSA) is 45.7 Å². The normalized spacial score (nSPS) is 20.7. The average molecular weight is 418 g/mol. The van der Waals surface area contributed by atoms with Crippen LogP contribution in [0.15, 0.2) is 30.3 Å². The third-order valence-corrected chi connectivity index (χ3v) is 6.10. The van der Waals surface area contributed by atoms with E-state index in [9.17, 15) is 9.18 Å². The number of carbonyl (C=O) groups excluding carboxylic acids is 1. The molecule has 0 spiro atoms. The number of pyridine rings is 1. The first-order chi connectivity index (χ1) is 13.8. The standard InChI is InChI=1S/C22H25ClFN3O2/c1-22(2)13-27(14-6-7-16(23)17(24)11-14)19-9-8-18(25-20(19)22)21(28)26-10-4-5-15(12-26)29-3/h6-9,11,15H,4-5,10,12-13H2,1-3H3. The van der Waals surface area contributed by atoms with Crippen molar-refractivity contribution in [3.8, 4) is 0 Å². The molecule has 1 aromatic heterocycles. The molecule has 154 valence electrons. The summed E-state index contributed by atoms with van der Waals surface area (Å²) in [5, 5.41) is 0.0994. The van der Waals surface area contributed by atoms with Crippen LogP contribution in [0.4, 0.5) is 15.8 Å². The molecule has 1 saturated heterocycles. The number of methoxy groups -OCH3 is 1. The highest BCUT2D eigenvalue weighted by molar-refractivity contribution is 6.30. The summed E-state index contributed by atoms with van der Waals surface area (Å²) in [7, 11) is 1.68. The fourth-order valence-electron chi connectivity index (χ4n) is 4.20. The lowest BCUT2D eigenvalue weighted by Crippen LogP contribution is -2.43. The number of carbonyl (C=O) groups is 1. The Balaban J connectivity index is 1.65. The lowest BCUT2D eigenvalue weighted by molar-refractivity contribution is 0.0265. The van der Waals surface area contributed by atoms with Crippen molar-refractivity contribution in [2.75, 3.05) is 31.6 Å². The van der Waals surface area contributed by atoms with Gasteiger partial charge >= 0.3 is 0 Å². The molecular weight excluding hydrogens is 393 g/mol. The van der Waals surface area contributed by atoms with E-state index in [1.807, 2.05) is 15.9 Å². The Labute approximate surface area is 175 Å². The molecule has 1 unspecified atom stereocenters. The van der Waals surface area contributed by atoms with Gasteiger partial charge in [0, 0.05) is 37.8 Å². The fourth-order valence-corrected chi connectivity index (χ4v) is 4.32. The maximum absolute atomic E-state index is 14.0. The summed E-state index contributed by atoms with van der Waals surface area (Å²) in [5.41, 5.74) is 2.62. The maximum Gasteiger partial charge on any atom is 0.272 e. The molecule has 3 heterocycles. The van der Waals surface area contributed by atoms with Crippen molar-refractivity contribution in [2.45, 2.75) is 38.2 Å². The molecule has 5 nitrogen and oxygen atoms in total. The monoisotopic (exact) mass is 417 g/mol. The van der Waals surface area contributed by atoms with Gasteiger partial charge in [-0.3, -0.25) is 4.79 Å². The summed E-state index contributed by atoms with van der Waals surface area (Å²) >= 11 is 5.84. The zero-order valence-corrected chi connectivity index (χ0v) is 17.7. The van der Waals surface area contributed by atoms with Crippen LogP contribution in [-0.4, -0.2) is 48.6 Å². The Bertz CT molecular complexity index is 950. The number of halogens is 2. The molecule has 1 aromatic carbocycles. The number of hydrogen-bond acceptors (Lipinski definition) is 4. The Morgan fingerprint density at radius 2 is 2.10 bits per heavy atom. The Kier molecular flexibility index (Phi) is 5.25. The SMILES string of the molecule is COC1CCCN(C(=O)c2ccc3c(n2)C(C)(C)CN3c2ccc(Cl)c(F)c2)C1. The zero-order valence-electron chi connectivity index (χ0n) is 16.9. The molecule has 2 aliphatic rings. The number of rotatable bonds is 3. The predicted molar refractivity (Wildman–Crippen MR) is 112 cm³/mol. The minimum absolute atomic E-state index is 0.0682. The van der Waals surface area contributed by atoms with Gasteiger partial charge in [0.15, 0.2) is 0 Å². The molecule has 4 rings (SSSR count). The van der Waals surface area contributed by atoms with Crippen LogP contribution >= 0.6 is 11.6 Å². The smallest absolute Gasteiger partial charge is 0.272 e. The molecule has 2 aromatic rings. The third-order valence-electron chi connectivity index (χ3n) is 5.79. The van der Waals surface area contributed by atoms with Gasteiger partial charge < -0.3 is 14.5 Å². The maximum atomic E-state index is 14.0. The van der Waals surface area contributed by atoms with Gasteiger partial charge in [-0.05, 0) is 43.2 Å². The number of anilines is 2. The summed E-state index contributed by atoms with van der Waals surface area (Å²) in [4.78, 5) is 21.6. The van der Waals surface area contributed by atoms with E-state index in [2.05, 4.69) is 13.8 Å². The number of benzene rings is 1. The van der Waals surface area contributed by atoms with E-state index >= 15 is 0 Å². The van der Waals surface area contributed by atoms with Crippen LogP contribution in [-0.2, 0) is 10.2 Å². The molecular formula is C22H25ClFN3O2. The molecule has 1 amide bonds. The van der Waals surface area contributed by atoms with Crippen molar-refractivity contribution in [3.05, 3.63) is 52.6 Å². The van der Waals surface area contributed by atoms with Crippen LogP contribution in [0.25, 0.3) is 0 Å². The van der Waals surface area contributed by atoms with Crippen molar-refractivity contribution >= 4 is 28.9 Å². The Morgan fingerprint density at radius 3 is 2.83 bits per heavy atom. The zero-order chi connectivity index (χ0) is 20.8. The van der Waals surface area contributed by atoms with Gasteiger partial charge in [0.25, 0.3) is 5.91 Å². The van der Waals surface area contributed by atoms with Crippen molar-refractivity contribution in [1.82, 2.24) is 9.88 Å². The van der Waals surface area contributed by atoms with E-state index in [1.54, 1.807) is 25.3 Å². The van der Waals surface area contributed by atoms with Gasteiger partial charge in [0.05, 0.1) is 22.5 Å². The molecule has 2 aliphatic heterocycles. The Hall–Kier alpha value is -2.18. The minimum atomic E-state index is -0.451. The van der Waals surface area contributed by atoms with Crippen molar-refractivity contribution in [1.29, 1.82) is 0 Å². The second kappa shape index (κ2) is 7.58. The minimum Gasteiger partial charge on any atom is -0.380 e. The van der Waals surface area contributed by atoms with Crippen molar-refractivity contribution in [2.24, 2.45) is 0 Å². The number of amides is 1. The molecule has 0 N–H and O–H groups in total. The van der Waals surface area contributed by atoms with Crippen LogP contribution < -0.4 is 4.90 Å². The van der Waals surface area contributed by atoms with Crippen LogP contribution in [0, 0.1) is 5.82 Å². The third kappa shape index (κ3) is 3.71. The highest BCUT2D eigenvalue weighted by atomic mass is 35.5. The van der Waals surface area contributed by atoms with Gasteiger partial charge in [-0.15, -0.1) is 0 Å². The van der Waals surface area contributed by atoms with E-state index in [1.165, 1.54) is 6.07 Å². The highest BCUT2D eigenvalue weighted by Crippen LogP contribution is 2.43. The lowest BCUT2D eigenvalue weighted by Gasteiger charge is -2.31. The van der Waals surface area contributed by atoms with E-state index < -0.39 is 5.82 Å². The van der Waals surface area contributed by atoms with Gasteiger partial charge in [0.1, 0.15) is 11.5 Å². The van der Waals surface area contributed by atoms with Crippen LogP contribution in [0.3, 0.4) is 0 Å². The Morgan fingerprint density at radius 1 is 1.31 bits per heavy atom. The number of fused-ring (bicyclic) bond motifs is 1. The number of hydrogen-bond donors (Lipinski definition) is 0. The van der Waals surface area contributed by atoms with Crippen LogP contribution in [0.1, 0.15) is 42.9 Å². The lowest BCUT2D eigenvalue weighted by atomic mass is 9.91. The van der Waals surface area contributed by atoms with Gasteiger partial charge in [0.2, 0.25) is 0 Å². The van der Waals surface area contributed by atoms with Crippen LogP contribution in [0.2, 0.25) is 5.02 Å². The number of ether oxygens (including phenoxy) is 1. The largest absolute Gasteiger partial charge is 0.380 e. The summed E-state index contributed by atoms with van der Waals surface area (Å²) in [6.45, 7) is 6.12. The molecule has 1 atom stereocenters. The molecule has 7 heteroatoms. The average Bonchev–Trinajstić information content (AvgIpc) is 3.00.